The number of benzene rings is 2. The molecule has 3 rings (SSSR count). The number of ether oxygens (including phenoxy) is 4. The Labute approximate surface area is 188 Å². The zero-order valence-corrected chi connectivity index (χ0v) is 19.5. The number of carbonyl (C=O) groups is 1. The van der Waals surface area contributed by atoms with Crippen LogP contribution in [0.25, 0.3) is 10.9 Å². The first-order chi connectivity index (χ1) is 14.4. The van der Waals surface area contributed by atoms with Gasteiger partial charge >= 0.3 is 0 Å². The molecular weight excluding hydrogens is 420 g/mol. The molecule has 31 heavy (non-hydrogen) atoms. The van der Waals surface area contributed by atoms with Gasteiger partial charge in [-0.1, -0.05) is 0 Å². The minimum Gasteiger partial charge on any atom is -0.497 e. The Bertz CT molecular complexity index is 1040. The molecular formula is C23H29ClN2O5. The van der Waals surface area contributed by atoms with Crippen LogP contribution < -0.4 is 18.9 Å². The van der Waals surface area contributed by atoms with Crippen LogP contribution in [-0.4, -0.2) is 64.3 Å². The lowest BCUT2D eigenvalue weighted by atomic mass is 10.0. The third-order valence-corrected chi connectivity index (χ3v) is 5.05. The van der Waals surface area contributed by atoms with E-state index in [1.807, 2.05) is 38.5 Å². The molecule has 2 aromatic carbocycles. The predicted octanol–water partition coefficient (Wildman–Crippen LogP) is 3.89. The summed E-state index contributed by atoms with van der Waals surface area (Å²) in [6.07, 6.45) is 1.90. The number of methoxy groups -OCH3 is 4. The Morgan fingerprint density at radius 3 is 2.10 bits per heavy atom. The summed E-state index contributed by atoms with van der Waals surface area (Å²) in [5, 5.41) is 0.869. The lowest BCUT2D eigenvalue weighted by molar-refractivity contribution is 0.103. The van der Waals surface area contributed by atoms with Gasteiger partial charge in [0.1, 0.15) is 5.75 Å². The van der Waals surface area contributed by atoms with E-state index >= 15 is 0 Å². The Hall–Kier alpha value is -2.90. The molecule has 0 saturated carbocycles. The van der Waals surface area contributed by atoms with Gasteiger partial charge in [-0.25, -0.2) is 0 Å². The van der Waals surface area contributed by atoms with Crippen LogP contribution in [0.15, 0.2) is 36.5 Å². The van der Waals surface area contributed by atoms with Crippen LogP contribution in [0, 0.1) is 0 Å². The van der Waals surface area contributed by atoms with E-state index in [-0.39, 0.29) is 18.2 Å². The minimum atomic E-state index is -0.118. The van der Waals surface area contributed by atoms with E-state index in [0.29, 0.717) is 28.4 Å². The number of hydrogen-bond acceptors (Lipinski definition) is 6. The molecule has 1 aromatic heterocycles. The van der Waals surface area contributed by atoms with Crippen LogP contribution in [0.3, 0.4) is 0 Å². The minimum absolute atomic E-state index is 0. The highest BCUT2D eigenvalue weighted by Gasteiger charge is 2.21. The molecule has 0 aliphatic heterocycles. The number of halogens is 1. The number of likely N-dealkylation sites (N-methyl/N-ethyl adjacent to an activating group) is 1. The fourth-order valence-electron chi connectivity index (χ4n) is 3.44. The summed E-state index contributed by atoms with van der Waals surface area (Å²) < 4.78 is 23.7. The number of hydrogen-bond donors (Lipinski definition) is 0. The molecule has 1 heterocycles. The monoisotopic (exact) mass is 448 g/mol. The van der Waals surface area contributed by atoms with Crippen molar-refractivity contribution in [3.8, 4) is 23.0 Å². The molecule has 8 heteroatoms. The standard InChI is InChI=1S/C23H28N2O5.ClH/c1-24(2)9-10-25-14-18(17-8-7-16(27-3)13-19(17)25)22(26)15-11-20(28-4)23(30-6)21(12-15)29-5;/h7-8,11-14H,9-10H2,1-6H3;1H. The highest BCUT2D eigenvalue weighted by atomic mass is 35.5. The van der Waals surface area contributed by atoms with Gasteiger partial charge in [-0.3, -0.25) is 4.79 Å². The van der Waals surface area contributed by atoms with Crippen molar-refractivity contribution in [1.82, 2.24) is 9.47 Å². The smallest absolute Gasteiger partial charge is 0.203 e. The first-order valence-electron chi connectivity index (χ1n) is 9.59. The summed E-state index contributed by atoms with van der Waals surface area (Å²) in [6, 6.07) is 9.10. The first kappa shape index (κ1) is 24.4. The summed E-state index contributed by atoms with van der Waals surface area (Å²) in [5.74, 6) is 1.97. The van der Waals surface area contributed by atoms with Crippen molar-refractivity contribution in [3.05, 3.63) is 47.7 Å². The number of carbonyl (C=O) groups excluding carboxylic acids is 1. The molecule has 0 aliphatic carbocycles. The van der Waals surface area contributed by atoms with Crippen molar-refractivity contribution in [2.75, 3.05) is 49.1 Å². The number of nitrogens with zero attached hydrogens (tertiary/aromatic N) is 2. The topological polar surface area (TPSA) is 62.2 Å². The lowest BCUT2D eigenvalue weighted by Gasteiger charge is -2.13. The van der Waals surface area contributed by atoms with Gasteiger partial charge in [0.05, 0.1) is 34.0 Å². The molecule has 0 saturated heterocycles. The van der Waals surface area contributed by atoms with E-state index in [4.69, 9.17) is 18.9 Å². The Balaban J connectivity index is 0.00000341. The largest absolute Gasteiger partial charge is 0.497 e. The molecule has 0 aliphatic rings. The van der Waals surface area contributed by atoms with E-state index in [9.17, 15) is 4.79 Å². The van der Waals surface area contributed by atoms with Crippen molar-refractivity contribution < 1.29 is 23.7 Å². The molecule has 3 aromatic rings. The van der Waals surface area contributed by atoms with Crippen LogP contribution in [0.1, 0.15) is 15.9 Å². The van der Waals surface area contributed by atoms with Gasteiger partial charge in [-0.2, -0.15) is 0 Å². The summed E-state index contributed by atoms with van der Waals surface area (Å²) in [6.45, 7) is 1.60. The highest BCUT2D eigenvalue weighted by Crippen LogP contribution is 2.39. The summed E-state index contributed by atoms with van der Waals surface area (Å²) in [7, 11) is 10.3. The van der Waals surface area contributed by atoms with Gasteiger partial charge in [0.25, 0.3) is 0 Å². The third-order valence-electron chi connectivity index (χ3n) is 5.05. The maximum atomic E-state index is 13.5. The molecule has 0 spiro atoms. The van der Waals surface area contributed by atoms with Crippen molar-refractivity contribution in [3.63, 3.8) is 0 Å². The van der Waals surface area contributed by atoms with Gasteiger partial charge in [-0.15, -0.1) is 12.4 Å². The average Bonchev–Trinajstić information content (AvgIpc) is 3.13. The van der Waals surface area contributed by atoms with Crippen molar-refractivity contribution in [2.45, 2.75) is 6.54 Å². The van der Waals surface area contributed by atoms with E-state index in [2.05, 4.69) is 9.47 Å². The molecule has 0 unspecified atom stereocenters. The van der Waals surface area contributed by atoms with Crippen LogP contribution in [0.4, 0.5) is 0 Å². The predicted molar refractivity (Wildman–Crippen MR) is 124 cm³/mol. The van der Waals surface area contributed by atoms with Crippen LogP contribution >= 0.6 is 12.4 Å². The van der Waals surface area contributed by atoms with Crippen molar-refractivity contribution >= 4 is 29.1 Å². The first-order valence-corrected chi connectivity index (χ1v) is 9.59. The second kappa shape index (κ2) is 10.4. The molecule has 0 atom stereocenters. The van der Waals surface area contributed by atoms with E-state index in [0.717, 1.165) is 29.7 Å². The summed E-state index contributed by atoms with van der Waals surface area (Å²) in [5.41, 5.74) is 2.03. The molecule has 0 amide bonds. The number of fused-ring (bicyclic) bond motifs is 1. The number of ketones is 1. The highest BCUT2D eigenvalue weighted by molar-refractivity contribution is 6.17. The van der Waals surface area contributed by atoms with Crippen LogP contribution in [-0.2, 0) is 6.54 Å². The fraction of sp³-hybridized carbons (Fsp3) is 0.348. The van der Waals surface area contributed by atoms with E-state index < -0.39 is 0 Å². The Morgan fingerprint density at radius 1 is 0.935 bits per heavy atom. The Kier molecular flexibility index (Phi) is 8.19. The molecule has 0 bridgehead atoms. The summed E-state index contributed by atoms with van der Waals surface area (Å²) >= 11 is 0. The molecule has 0 fully saturated rings. The number of rotatable bonds is 9. The van der Waals surface area contributed by atoms with Gasteiger partial charge < -0.3 is 28.4 Å². The van der Waals surface area contributed by atoms with Gasteiger partial charge in [0.15, 0.2) is 17.3 Å². The summed E-state index contributed by atoms with van der Waals surface area (Å²) in [4.78, 5) is 15.6. The normalized spacial score (nSPS) is 10.7. The van der Waals surface area contributed by atoms with E-state index in [1.54, 1.807) is 19.2 Å². The van der Waals surface area contributed by atoms with Gasteiger partial charge in [0.2, 0.25) is 5.75 Å². The molecule has 168 valence electrons. The molecule has 7 nitrogen and oxygen atoms in total. The zero-order valence-electron chi connectivity index (χ0n) is 18.7. The third kappa shape index (κ3) is 4.89. The lowest BCUT2D eigenvalue weighted by Crippen LogP contribution is -2.18. The fourth-order valence-corrected chi connectivity index (χ4v) is 3.44. The van der Waals surface area contributed by atoms with E-state index in [1.165, 1.54) is 21.3 Å². The van der Waals surface area contributed by atoms with Crippen LogP contribution in [0.5, 0.6) is 23.0 Å². The van der Waals surface area contributed by atoms with Crippen LogP contribution in [0.2, 0.25) is 0 Å². The Morgan fingerprint density at radius 2 is 1.58 bits per heavy atom. The molecule has 0 radical (unpaired) electrons. The molecule has 0 N–H and O–H groups in total. The second-order valence-electron chi connectivity index (χ2n) is 7.17. The van der Waals surface area contributed by atoms with Gasteiger partial charge in [0, 0.05) is 41.9 Å². The SMILES string of the molecule is COc1ccc2c(C(=O)c3cc(OC)c(OC)c(OC)c3)cn(CCN(C)C)c2c1.Cl. The van der Waals surface area contributed by atoms with Gasteiger partial charge in [-0.05, 0) is 38.4 Å². The maximum Gasteiger partial charge on any atom is 0.203 e. The maximum absolute atomic E-state index is 13.5. The van der Waals surface area contributed by atoms with Crippen molar-refractivity contribution in [1.29, 1.82) is 0 Å². The van der Waals surface area contributed by atoms with Crippen molar-refractivity contribution in [2.24, 2.45) is 0 Å². The second-order valence-corrected chi connectivity index (χ2v) is 7.17. The quantitative estimate of drug-likeness (QED) is 0.463. The zero-order chi connectivity index (χ0) is 21.8. The average molecular weight is 449 g/mol. The number of aromatic nitrogens is 1.